The quantitative estimate of drug-likeness (QED) is 0.127. The molecule has 222 valence electrons. The molecule has 0 aliphatic carbocycles. The molecule has 0 radical (unpaired) electrons. The zero-order chi connectivity index (χ0) is 28.9. The average molecular weight is 579 g/mol. The van der Waals surface area contributed by atoms with Gasteiger partial charge in [-0.25, -0.2) is 9.59 Å². The van der Waals surface area contributed by atoms with Crippen molar-refractivity contribution >= 4 is 45.6 Å². The number of carbonyl (C=O) groups excluding carboxylic acids is 4. The lowest BCUT2D eigenvalue weighted by molar-refractivity contribution is -0.121. The molecule has 0 atom stereocenters. The van der Waals surface area contributed by atoms with Gasteiger partial charge >= 0.3 is 12.2 Å². The van der Waals surface area contributed by atoms with Gasteiger partial charge in [-0.3, -0.25) is 9.59 Å². The first-order valence-corrected chi connectivity index (χ1v) is 16.0. The fraction of sp³-hybridized carbons (Fsp3) is 0.846. The summed E-state index contributed by atoms with van der Waals surface area (Å²) < 4.78 is 10.3. The molecular formula is C26H50N4O6S2. The lowest BCUT2D eigenvalue weighted by Gasteiger charge is -2.19. The van der Waals surface area contributed by atoms with Gasteiger partial charge in [0, 0.05) is 50.5 Å². The highest BCUT2D eigenvalue weighted by Gasteiger charge is 2.16. The number of carbonyl (C=O) groups is 4. The second-order valence-corrected chi connectivity index (χ2v) is 13.5. The van der Waals surface area contributed by atoms with Gasteiger partial charge in [-0.1, -0.05) is 34.4 Å². The Morgan fingerprint density at radius 3 is 1.24 bits per heavy atom. The minimum Gasteiger partial charge on any atom is -0.444 e. The van der Waals surface area contributed by atoms with Gasteiger partial charge in [0.05, 0.1) is 0 Å². The normalized spacial score (nSPS) is 11.4. The molecule has 0 aromatic heterocycles. The number of hydrogen-bond acceptors (Lipinski definition) is 8. The molecule has 0 spiro atoms. The molecule has 0 fully saturated rings. The van der Waals surface area contributed by atoms with Crippen molar-refractivity contribution in [2.45, 2.75) is 104 Å². The van der Waals surface area contributed by atoms with Crippen LogP contribution in [0.2, 0.25) is 0 Å². The Balaban J connectivity index is 3.45. The van der Waals surface area contributed by atoms with Crippen LogP contribution in [0.3, 0.4) is 0 Å². The van der Waals surface area contributed by atoms with E-state index >= 15 is 0 Å². The highest BCUT2D eigenvalue weighted by atomic mass is 33.1. The predicted octanol–water partition coefficient (Wildman–Crippen LogP) is 4.77. The zero-order valence-corrected chi connectivity index (χ0v) is 25.8. The Bertz CT molecular complexity index is 638. The molecule has 0 rings (SSSR count). The first kappa shape index (κ1) is 36.2. The maximum absolute atomic E-state index is 11.9. The molecule has 4 N–H and O–H groups in total. The van der Waals surface area contributed by atoms with Crippen LogP contribution >= 0.6 is 21.6 Å². The number of amides is 4. The Kier molecular flexibility index (Phi) is 20.0. The van der Waals surface area contributed by atoms with E-state index < -0.39 is 23.4 Å². The summed E-state index contributed by atoms with van der Waals surface area (Å²) in [5, 5.41) is 11.3. The highest BCUT2D eigenvalue weighted by Crippen LogP contribution is 2.19. The largest absolute Gasteiger partial charge is 0.444 e. The molecule has 0 saturated heterocycles. The second kappa shape index (κ2) is 21.1. The van der Waals surface area contributed by atoms with Crippen LogP contribution in [0.5, 0.6) is 0 Å². The lowest BCUT2D eigenvalue weighted by atomic mass is 10.2. The fourth-order valence-corrected chi connectivity index (χ4v) is 4.76. The SMILES string of the molecule is CC(C)(C)OC(=O)NCCCCCC(=O)NCCSSCCNC(=O)CCCCCNC(=O)OC(C)(C)C. The van der Waals surface area contributed by atoms with Gasteiger partial charge in [0.2, 0.25) is 11.8 Å². The maximum atomic E-state index is 11.9. The molecule has 38 heavy (non-hydrogen) atoms. The fourth-order valence-electron chi connectivity index (χ4n) is 2.94. The minimum atomic E-state index is -0.499. The number of rotatable bonds is 19. The van der Waals surface area contributed by atoms with Crippen molar-refractivity contribution in [3.8, 4) is 0 Å². The summed E-state index contributed by atoms with van der Waals surface area (Å²) in [4.78, 5) is 46.8. The van der Waals surface area contributed by atoms with Crippen molar-refractivity contribution in [1.29, 1.82) is 0 Å². The van der Waals surface area contributed by atoms with E-state index in [1.807, 2.05) is 41.5 Å². The third-order valence-electron chi connectivity index (χ3n) is 4.60. The molecule has 4 amide bonds. The summed E-state index contributed by atoms with van der Waals surface area (Å²) in [5.74, 6) is 1.70. The topological polar surface area (TPSA) is 135 Å². The van der Waals surface area contributed by atoms with Gasteiger partial charge in [-0.2, -0.15) is 0 Å². The van der Waals surface area contributed by atoms with Crippen molar-refractivity contribution < 1.29 is 28.7 Å². The summed E-state index contributed by atoms with van der Waals surface area (Å²) >= 11 is 0. The van der Waals surface area contributed by atoms with Crippen molar-refractivity contribution in [3.05, 3.63) is 0 Å². The molecule has 10 nitrogen and oxygen atoms in total. The van der Waals surface area contributed by atoms with Crippen LogP contribution in [0.1, 0.15) is 92.9 Å². The summed E-state index contributed by atoms with van der Waals surface area (Å²) in [5.41, 5.74) is -0.997. The smallest absolute Gasteiger partial charge is 0.407 e. The van der Waals surface area contributed by atoms with Crippen molar-refractivity contribution in [3.63, 3.8) is 0 Å². The molecular weight excluding hydrogens is 528 g/mol. The number of nitrogens with one attached hydrogen (secondary N) is 4. The van der Waals surface area contributed by atoms with Crippen LogP contribution in [0.25, 0.3) is 0 Å². The second-order valence-electron chi connectivity index (χ2n) is 10.8. The van der Waals surface area contributed by atoms with Crippen LogP contribution in [0, 0.1) is 0 Å². The third kappa shape index (κ3) is 27.2. The molecule has 0 saturated carbocycles. The molecule has 12 heteroatoms. The third-order valence-corrected chi connectivity index (χ3v) is 7.00. The molecule has 0 aromatic carbocycles. The first-order chi connectivity index (χ1) is 17.8. The standard InChI is InChI=1S/C26H50N4O6S2/c1-25(2,3)35-23(33)29-15-11-7-9-13-21(31)27-17-19-37-38-20-18-28-22(32)14-10-8-12-16-30-24(34)36-26(4,5)6/h7-20H2,1-6H3,(H,27,31)(H,28,32)(H,29,33)(H,30,34). The van der Waals surface area contributed by atoms with Crippen LogP contribution in [0.4, 0.5) is 9.59 Å². The van der Waals surface area contributed by atoms with E-state index in [0.29, 0.717) is 39.0 Å². The minimum absolute atomic E-state index is 0.0450. The molecule has 0 heterocycles. The Morgan fingerprint density at radius 2 is 0.895 bits per heavy atom. The molecule has 0 aliphatic rings. The van der Waals surface area contributed by atoms with Crippen molar-refractivity contribution in [2.75, 3.05) is 37.7 Å². The van der Waals surface area contributed by atoms with E-state index in [-0.39, 0.29) is 11.8 Å². The van der Waals surface area contributed by atoms with Crippen LogP contribution < -0.4 is 21.3 Å². The zero-order valence-electron chi connectivity index (χ0n) is 24.2. The summed E-state index contributed by atoms with van der Waals surface area (Å²) in [6.45, 7) is 13.3. The predicted molar refractivity (Wildman–Crippen MR) is 156 cm³/mol. The Hall–Kier alpha value is -1.82. The lowest BCUT2D eigenvalue weighted by Crippen LogP contribution is -2.33. The molecule has 0 aliphatic heterocycles. The van der Waals surface area contributed by atoms with Crippen LogP contribution in [0.15, 0.2) is 0 Å². The van der Waals surface area contributed by atoms with Gasteiger partial charge in [-0.05, 0) is 67.2 Å². The van der Waals surface area contributed by atoms with E-state index in [9.17, 15) is 19.2 Å². The van der Waals surface area contributed by atoms with E-state index in [1.54, 1.807) is 21.6 Å². The summed E-state index contributed by atoms with van der Waals surface area (Å²) in [7, 11) is 3.35. The number of hydrogen-bond donors (Lipinski definition) is 4. The van der Waals surface area contributed by atoms with Crippen molar-refractivity contribution in [1.82, 2.24) is 21.3 Å². The highest BCUT2D eigenvalue weighted by molar-refractivity contribution is 8.76. The average Bonchev–Trinajstić information content (AvgIpc) is 2.77. The van der Waals surface area contributed by atoms with Gasteiger partial charge in [-0.15, -0.1) is 0 Å². The van der Waals surface area contributed by atoms with E-state index in [4.69, 9.17) is 9.47 Å². The monoisotopic (exact) mass is 578 g/mol. The van der Waals surface area contributed by atoms with E-state index in [2.05, 4.69) is 21.3 Å². The molecule has 0 aromatic rings. The van der Waals surface area contributed by atoms with Crippen molar-refractivity contribution in [2.24, 2.45) is 0 Å². The number of alkyl carbamates (subject to hydrolysis) is 2. The Labute approximate surface area is 237 Å². The number of ether oxygens (including phenoxy) is 2. The summed E-state index contributed by atoms with van der Waals surface area (Å²) in [6.07, 6.45) is 5.06. The maximum Gasteiger partial charge on any atom is 0.407 e. The molecule has 0 unspecified atom stereocenters. The van der Waals surface area contributed by atoms with Gasteiger partial charge in [0.1, 0.15) is 11.2 Å². The first-order valence-electron chi connectivity index (χ1n) is 13.5. The van der Waals surface area contributed by atoms with Crippen LogP contribution in [-0.4, -0.2) is 72.9 Å². The Morgan fingerprint density at radius 1 is 0.526 bits per heavy atom. The summed E-state index contributed by atoms with van der Waals surface area (Å²) in [6, 6.07) is 0. The van der Waals surface area contributed by atoms with Gasteiger partial charge < -0.3 is 30.7 Å². The van der Waals surface area contributed by atoms with Crippen LogP contribution in [-0.2, 0) is 19.1 Å². The van der Waals surface area contributed by atoms with E-state index in [0.717, 1.165) is 50.0 Å². The molecule has 0 bridgehead atoms. The van der Waals surface area contributed by atoms with Gasteiger partial charge in [0.25, 0.3) is 0 Å². The van der Waals surface area contributed by atoms with E-state index in [1.165, 1.54) is 0 Å². The number of unbranched alkanes of at least 4 members (excludes halogenated alkanes) is 4. The van der Waals surface area contributed by atoms with Gasteiger partial charge in [0.15, 0.2) is 0 Å².